The SMILES string of the molecule is CCS(=O)(=O)CCNc1nccc2ccccc12. The predicted molar refractivity (Wildman–Crippen MR) is 74.6 cm³/mol. The Morgan fingerprint density at radius 3 is 2.78 bits per heavy atom. The summed E-state index contributed by atoms with van der Waals surface area (Å²) >= 11 is 0. The lowest BCUT2D eigenvalue weighted by Gasteiger charge is -2.08. The van der Waals surface area contributed by atoms with Crippen molar-refractivity contribution in [2.45, 2.75) is 6.92 Å². The van der Waals surface area contributed by atoms with Crippen LogP contribution in [0.15, 0.2) is 36.5 Å². The van der Waals surface area contributed by atoms with Crippen molar-refractivity contribution < 1.29 is 8.42 Å². The van der Waals surface area contributed by atoms with Crippen molar-refractivity contribution in [3.63, 3.8) is 0 Å². The quantitative estimate of drug-likeness (QED) is 0.898. The molecule has 0 aliphatic heterocycles. The Balaban J connectivity index is 2.13. The number of rotatable bonds is 5. The molecule has 4 nitrogen and oxygen atoms in total. The molecular formula is C13H16N2O2S. The number of hydrogen-bond acceptors (Lipinski definition) is 4. The summed E-state index contributed by atoms with van der Waals surface area (Å²) in [4.78, 5) is 4.25. The normalized spacial score (nSPS) is 11.6. The Hall–Kier alpha value is -1.62. The number of nitrogens with zero attached hydrogens (tertiary/aromatic N) is 1. The van der Waals surface area contributed by atoms with Gasteiger partial charge in [0.05, 0.1) is 5.75 Å². The smallest absolute Gasteiger partial charge is 0.151 e. The molecule has 1 N–H and O–H groups in total. The number of fused-ring (bicyclic) bond motifs is 1. The molecule has 0 amide bonds. The molecule has 0 saturated carbocycles. The fraction of sp³-hybridized carbons (Fsp3) is 0.308. The van der Waals surface area contributed by atoms with Crippen molar-refractivity contribution in [3.05, 3.63) is 36.5 Å². The second-order valence-corrected chi connectivity index (χ2v) is 6.52. The van der Waals surface area contributed by atoms with E-state index in [1.54, 1.807) is 13.1 Å². The zero-order valence-corrected chi connectivity index (χ0v) is 11.1. The first kappa shape index (κ1) is 12.8. The molecule has 0 bridgehead atoms. The zero-order chi connectivity index (χ0) is 13.0. The Labute approximate surface area is 107 Å². The fourth-order valence-electron chi connectivity index (χ4n) is 1.73. The van der Waals surface area contributed by atoms with Crippen LogP contribution in [0.2, 0.25) is 0 Å². The minimum Gasteiger partial charge on any atom is -0.369 e. The Bertz CT molecular complexity index is 633. The van der Waals surface area contributed by atoms with Crippen LogP contribution < -0.4 is 5.32 Å². The highest BCUT2D eigenvalue weighted by atomic mass is 32.2. The molecule has 18 heavy (non-hydrogen) atoms. The summed E-state index contributed by atoms with van der Waals surface area (Å²) in [6.07, 6.45) is 1.72. The van der Waals surface area contributed by atoms with Crippen molar-refractivity contribution in [1.29, 1.82) is 0 Å². The summed E-state index contributed by atoms with van der Waals surface area (Å²) in [7, 11) is -2.93. The summed E-state index contributed by atoms with van der Waals surface area (Å²) in [5.41, 5.74) is 0. The molecule has 2 rings (SSSR count). The summed E-state index contributed by atoms with van der Waals surface area (Å²) in [6, 6.07) is 9.82. The molecule has 0 aliphatic carbocycles. The molecule has 0 aliphatic rings. The summed E-state index contributed by atoms with van der Waals surface area (Å²) in [5, 5.41) is 5.19. The van der Waals surface area contributed by atoms with E-state index in [1.165, 1.54) is 0 Å². The maximum Gasteiger partial charge on any atom is 0.151 e. The average Bonchev–Trinajstić information content (AvgIpc) is 2.39. The van der Waals surface area contributed by atoms with Gasteiger partial charge in [0, 0.05) is 23.9 Å². The molecule has 1 aromatic heterocycles. The minimum atomic E-state index is -2.93. The number of benzene rings is 1. The first-order valence-corrected chi connectivity index (χ1v) is 7.72. The van der Waals surface area contributed by atoms with Crippen molar-refractivity contribution in [3.8, 4) is 0 Å². The number of pyridine rings is 1. The molecule has 96 valence electrons. The highest BCUT2D eigenvalue weighted by Crippen LogP contribution is 2.19. The second-order valence-electron chi connectivity index (χ2n) is 4.04. The van der Waals surface area contributed by atoms with Gasteiger partial charge in [0.15, 0.2) is 9.84 Å². The van der Waals surface area contributed by atoms with E-state index in [0.717, 1.165) is 16.6 Å². The largest absolute Gasteiger partial charge is 0.369 e. The molecular weight excluding hydrogens is 248 g/mol. The van der Waals surface area contributed by atoms with Crippen LogP contribution in [-0.2, 0) is 9.84 Å². The van der Waals surface area contributed by atoms with E-state index in [-0.39, 0.29) is 11.5 Å². The van der Waals surface area contributed by atoms with Crippen LogP contribution in [0, 0.1) is 0 Å². The first-order chi connectivity index (χ1) is 8.62. The molecule has 0 atom stereocenters. The van der Waals surface area contributed by atoms with E-state index < -0.39 is 9.84 Å². The lowest BCUT2D eigenvalue weighted by molar-refractivity contribution is 0.597. The van der Waals surface area contributed by atoms with Gasteiger partial charge in [-0.1, -0.05) is 31.2 Å². The summed E-state index contributed by atoms with van der Waals surface area (Å²) in [6.45, 7) is 2.04. The summed E-state index contributed by atoms with van der Waals surface area (Å²) in [5.74, 6) is 1.05. The van der Waals surface area contributed by atoms with Gasteiger partial charge in [-0.05, 0) is 11.5 Å². The first-order valence-electron chi connectivity index (χ1n) is 5.90. The highest BCUT2D eigenvalue weighted by Gasteiger charge is 2.07. The molecule has 5 heteroatoms. The van der Waals surface area contributed by atoms with Gasteiger partial charge in [0.25, 0.3) is 0 Å². The molecule has 1 aromatic carbocycles. The van der Waals surface area contributed by atoms with Gasteiger partial charge in [-0.25, -0.2) is 13.4 Å². The van der Waals surface area contributed by atoms with E-state index in [2.05, 4.69) is 10.3 Å². The van der Waals surface area contributed by atoms with E-state index in [0.29, 0.717) is 6.54 Å². The van der Waals surface area contributed by atoms with Gasteiger partial charge in [-0.3, -0.25) is 0 Å². The Morgan fingerprint density at radius 2 is 2.00 bits per heavy atom. The Morgan fingerprint density at radius 1 is 1.22 bits per heavy atom. The monoisotopic (exact) mass is 264 g/mol. The van der Waals surface area contributed by atoms with Gasteiger partial charge >= 0.3 is 0 Å². The molecule has 0 spiro atoms. The third-order valence-electron chi connectivity index (χ3n) is 2.82. The van der Waals surface area contributed by atoms with E-state index in [1.807, 2.05) is 30.3 Å². The standard InChI is InChI=1S/C13H16N2O2S/c1-2-18(16,17)10-9-15-13-12-6-4-3-5-11(12)7-8-14-13/h3-8H,2,9-10H2,1H3,(H,14,15). The van der Waals surface area contributed by atoms with Gasteiger partial charge in [0.1, 0.15) is 5.82 Å². The minimum absolute atomic E-state index is 0.133. The molecule has 2 aromatic rings. The summed E-state index contributed by atoms with van der Waals surface area (Å²) < 4.78 is 22.8. The van der Waals surface area contributed by atoms with Crippen LogP contribution in [0.1, 0.15) is 6.92 Å². The molecule has 0 saturated heterocycles. The average molecular weight is 264 g/mol. The molecule has 0 radical (unpaired) electrons. The number of hydrogen-bond donors (Lipinski definition) is 1. The van der Waals surface area contributed by atoms with Crippen molar-refractivity contribution in [1.82, 2.24) is 4.98 Å². The number of aromatic nitrogens is 1. The molecule has 0 unspecified atom stereocenters. The number of nitrogens with one attached hydrogen (secondary N) is 1. The van der Waals surface area contributed by atoms with Crippen molar-refractivity contribution in [2.24, 2.45) is 0 Å². The zero-order valence-electron chi connectivity index (χ0n) is 10.3. The third kappa shape index (κ3) is 2.98. The number of anilines is 1. The second kappa shape index (κ2) is 5.35. The van der Waals surface area contributed by atoms with Crippen LogP contribution in [0.4, 0.5) is 5.82 Å². The lowest BCUT2D eigenvalue weighted by Crippen LogP contribution is -2.17. The van der Waals surface area contributed by atoms with Gasteiger partial charge < -0.3 is 5.32 Å². The van der Waals surface area contributed by atoms with Crippen LogP contribution in [-0.4, -0.2) is 31.5 Å². The van der Waals surface area contributed by atoms with Gasteiger partial charge in [-0.2, -0.15) is 0 Å². The van der Waals surface area contributed by atoms with Crippen LogP contribution >= 0.6 is 0 Å². The van der Waals surface area contributed by atoms with Crippen LogP contribution in [0.25, 0.3) is 10.8 Å². The molecule has 1 heterocycles. The van der Waals surface area contributed by atoms with Crippen molar-refractivity contribution >= 4 is 26.4 Å². The lowest BCUT2D eigenvalue weighted by atomic mass is 10.1. The van der Waals surface area contributed by atoms with Crippen molar-refractivity contribution in [2.75, 3.05) is 23.4 Å². The number of sulfone groups is 1. The van der Waals surface area contributed by atoms with Gasteiger partial charge in [-0.15, -0.1) is 0 Å². The Kier molecular flexibility index (Phi) is 3.81. The molecule has 0 fully saturated rings. The van der Waals surface area contributed by atoms with Crippen LogP contribution in [0.5, 0.6) is 0 Å². The van der Waals surface area contributed by atoms with Gasteiger partial charge in [0.2, 0.25) is 0 Å². The maximum absolute atomic E-state index is 11.4. The van der Waals surface area contributed by atoms with E-state index in [9.17, 15) is 8.42 Å². The van der Waals surface area contributed by atoms with E-state index in [4.69, 9.17) is 0 Å². The predicted octanol–water partition coefficient (Wildman–Crippen LogP) is 2.08. The van der Waals surface area contributed by atoms with Crippen LogP contribution in [0.3, 0.4) is 0 Å². The topological polar surface area (TPSA) is 59.1 Å². The highest BCUT2D eigenvalue weighted by molar-refractivity contribution is 7.91. The third-order valence-corrected chi connectivity index (χ3v) is 4.52. The fourth-order valence-corrected chi connectivity index (χ4v) is 2.43. The maximum atomic E-state index is 11.4. The van der Waals surface area contributed by atoms with E-state index >= 15 is 0 Å².